The van der Waals surface area contributed by atoms with Crippen molar-refractivity contribution < 1.29 is 4.42 Å². The van der Waals surface area contributed by atoms with Crippen molar-refractivity contribution in [1.82, 2.24) is 0 Å². The number of furan rings is 1. The maximum absolute atomic E-state index is 6.55. The molecule has 0 aliphatic carbocycles. The van der Waals surface area contributed by atoms with Crippen LogP contribution in [-0.4, -0.2) is 0 Å². The number of benzene rings is 11. The van der Waals surface area contributed by atoms with Gasteiger partial charge in [0.25, 0.3) is 0 Å². The van der Waals surface area contributed by atoms with Crippen LogP contribution in [0.5, 0.6) is 0 Å². The van der Waals surface area contributed by atoms with Gasteiger partial charge < -0.3 is 9.32 Å². The van der Waals surface area contributed by atoms with Crippen LogP contribution in [0.4, 0.5) is 17.1 Å². The Bertz CT molecular complexity index is 3600. The van der Waals surface area contributed by atoms with Crippen LogP contribution >= 0.6 is 0 Å². The zero-order valence-electron chi connectivity index (χ0n) is 33.9. The molecule has 0 N–H and O–H groups in total. The number of hydrogen-bond donors (Lipinski definition) is 0. The molecule has 0 spiro atoms. The fourth-order valence-corrected chi connectivity index (χ4v) is 9.65. The highest BCUT2D eigenvalue weighted by Gasteiger charge is 2.23. The highest BCUT2D eigenvalue weighted by Crippen LogP contribution is 2.48. The molecule has 290 valence electrons. The van der Waals surface area contributed by atoms with Gasteiger partial charge in [0.1, 0.15) is 11.2 Å². The topological polar surface area (TPSA) is 16.4 Å². The molecular weight excluding hydrogens is 751 g/mol. The first-order valence-electron chi connectivity index (χ1n) is 21.3. The van der Waals surface area contributed by atoms with Crippen LogP contribution in [0.15, 0.2) is 241 Å². The van der Waals surface area contributed by atoms with Gasteiger partial charge in [-0.05, 0) is 120 Å². The molecule has 2 nitrogen and oxygen atoms in total. The van der Waals surface area contributed by atoms with Crippen molar-refractivity contribution in [3.8, 4) is 44.5 Å². The van der Waals surface area contributed by atoms with Gasteiger partial charge in [-0.25, -0.2) is 0 Å². The normalized spacial score (nSPS) is 11.5. The van der Waals surface area contributed by atoms with Crippen molar-refractivity contribution in [2.24, 2.45) is 0 Å². The van der Waals surface area contributed by atoms with Crippen molar-refractivity contribution in [2.45, 2.75) is 0 Å². The Kier molecular flexibility index (Phi) is 8.53. The lowest BCUT2D eigenvalue weighted by molar-refractivity contribution is 0.669. The molecule has 0 bridgehead atoms. The van der Waals surface area contributed by atoms with Gasteiger partial charge in [0.05, 0.1) is 5.69 Å². The maximum Gasteiger partial charge on any atom is 0.136 e. The van der Waals surface area contributed by atoms with Crippen LogP contribution in [0.25, 0.3) is 98.8 Å². The fourth-order valence-electron chi connectivity index (χ4n) is 9.65. The summed E-state index contributed by atoms with van der Waals surface area (Å²) < 4.78 is 6.55. The van der Waals surface area contributed by atoms with E-state index < -0.39 is 0 Å². The molecule has 0 radical (unpaired) electrons. The second-order valence-corrected chi connectivity index (χ2v) is 16.0. The zero-order chi connectivity index (χ0) is 41.0. The number of anilines is 3. The standard InChI is InChI=1S/C60H39NO/c1-3-17-40(18-4-1)46-23-7-8-24-47(46)42-21-15-22-44(37-42)61(45-34-36-53-51-27-10-9-25-49(51)50-26-11-12-28-52(50)56(53)39-45)57-31-16-30-48(41-19-5-2-6-20-41)60(57)43-33-35-55-54-29-13-14-32-58(54)62-59(55)38-43/h1-39H. The molecule has 62 heavy (non-hydrogen) atoms. The first-order chi connectivity index (χ1) is 30.8. The molecular formula is C60H39NO. The molecule has 0 saturated carbocycles. The average molecular weight is 790 g/mol. The Morgan fingerprint density at radius 1 is 0.258 bits per heavy atom. The summed E-state index contributed by atoms with van der Waals surface area (Å²) >= 11 is 0. The maximum atomic E-state index is 6.55. The highest BCUT2D eigenvalue weighted by molar-refractivity contribution is 6.26. The van der Waals surface area contributed by atoms with Crippen LogP contribution in [0.1, 0.15) is 0 Å². The SMILES string of the molecule is c1ccc(-c2ccccc2-c2cccc(N(c3ccc4c5ccccc5c5ccccc5c4c3)c3cccc(-c4ccccc4)c3-c3ccc4c(c3)oc3ccccc34)c2)cc1. The van der Waals surface area contributed by atoms with Gasteiger partial charge >= 0.3 is 0 Å². The predicted octanol–water partition coefficient (Wildman–Crippen LogP) is 17.2. The molecule has 1 heterocycles. The van der Waals surface area contributed by atoms with E-state index in [2.05, 4.69) is 235 Å². The fraction of sp³-hybridized carbons (Fsp3) is 0. The summed E-state index contributed by atoms with van der Waals surface area (Å²) in [4.78, 5) is 2.46. The lowest BCUT2D eigenvalue weighted by Gasteiger charge is -2.30. The van der Waals surface area contributed by atoms with E-state index in [1.54, 1.807) is 0 Å². The Labute approximate surface area is 360 Å². The van der Waals surface area contributed by atoms with E-state index in [1.807, 2.05) is 6.07 Å². The van der Waals surface area contributed by atoms with Gasteiger partial charge in [0.2, 0.25) is 0 Å². The van der Waals surface area contributed by atoms with Gasteiger partial charge in [-0.15, -0.1) is 0 Å². The largest absolute Gasteiger partial charge is 0.456 e. The summed E-state index contributed by atoms with van der Waals surface area (Å²) in [6.45, 7) is 0. The first kappa shape index (κ1) is 35.7. The number of nitrogens with zero attached hydrogens (tertiary/aromatic N) is 1. The van der Waals surface area contributed by atoms with Crippen molar-refractivity contribution in [3.63, 3.8) is 0 Å². The van der Waals surface area contributed by atoms with Crippen LogP contribution in [-0.2, 0) is 0 Å². The molecule has 0 aliphatic rings. The predicted molar refractivity (Wildman–Crippen MR) is 263 cm³/mol. The molecule has 0 unspecified atom stereocenters. The third-order valence-electron chi connectivity index (χ3n) is 12.4. The van der Waals surface area contributed by atoms with E-state index in [4.69, 9.17) is 4.42 Å². The van der Waals surface area contributed by atoms with Crippen LogP contribution < -0.4 is 4.90 Å². The van der Waals surface area contributed by atoms with E-state index in [-0.39, 0.29) is 0 Å². The zero-order valence-corrected chi connectivity index (χ0v) is 33.9. The molecule has 2 heteroatoms. The second-order valence-electron chi connectivity index (χ2n) is 16.0. The van der Waals surface area contributed by atoms with E-state index in [9.17, 15) is 0 Å². The average Bonchev–Trinajstić information content (AvgIpc) is 3.73. The van der Waals surface area contributed by atoms with Gasteiger partial charge in [0.15, 0.2) is 0 Å². The summed E-state index contributed by atoms with van der Waals surface area (Å²) in [6.07, 6.45) is 0. The second kappa shape index (κ2) is 14.8. The van der Waals surface area contributed by atoms with Crippen molar-refractivity contribution in [2.75, 3.05) is 4.90 Å². The van der Waals surface area contributed by atoms with Gasteiger partial charge in [-0.1, -0.05) is 188 Å². The summed E-state index contributed by atoms with van der Waals surface area (Å²) in [5, 5.41) is 9.70. The molecule has 1 aromatic heterocycles. The summed E-state index contributed by atoms with van der Waals surface area (Å²) in [7, 11) is 0. The smallest absolute Gasteiger partial charge is 0.136 e. The minimum absolute atomic E-state index is 0.868. The van der Waals surface area contributed by atoms with Gasteiger partial charge in [0, 0.05) is 27.7 Å². The molecule has 0 amide bonds. The minimum atomic E-state index is 0.868. The first-order valence-corrected chi connectivity index (χ1v) is 21.3. The number of rotatable bonds is 7. The highest BCUT2D eigenvalue weighted by atomic mass is 16.3. The van der Waals surface area contributed by atoms with Crippen LogP contribution in [0.3, 0.4) is 0 Å². The van der Waals surface area contributed by atoms with E-state index in [1.165, 1.54) is 49.0 Å². The van der Waals surface area contributed by atoms with E-state index >= 15 is 0 Å². The lowest BCUT2D eigenvalue weighted by atomic mass is 9.90. The quantitative estimate of drug-likeness (QED) is 0.150. The number of fused-ring (bicyclic) bond motifs is 9. The van der Waals surface area contributed by atoms with Crippen molar-refractivity contribution >= 4 is 71.3 Å². The number of hydrogen-bond acceptors (Lipinski definition) is 2. The molecule has 0 saturated heterocycles. The Morgan fingerprint density at radius 2 is 0.742 bits per heavy atom. The summed E-state index contributed by atoms with van der Waals surface area (Å²) in [5.74, 6) is 0. The molecule has 12 rings (SSSR count). The Hall–Kier alpha value is -8.20. The van der Waals surface area contributed by atoms with Gasteiger partial charge in [-0.3, -0.25) is 0 Å². The Balaban J connectivity index is 1.15. The van der Waals surface area contributed by atoms with Crippen LogP contribution in [0, 0.1) is 0 Å². The summed E-state index contributed by atoms with van der Waals surface area (Å²) in [5.41, 5.74) is 14.2. The summed E-state index contributed by atoms with van der Waals surface area (Å²) in [6, 6.07) is 85.6. The van der Waals surface area contributed by atoms with Crippen LogP contribution in [0.2, 0.25) is 0 Å². The van der Waals surface area contributed by atoms with E-state index in [0.29, 0.717) is 0 Å². The van der Waals surface area contributed by atoms with E-state index in [0.717, 1.165) is 66.8 Å². The lowest BCUT2D eigenvalue weighted by Crippen LogP contribution is -2.12. The third kappa shape index (κ3) is 5.96. The minimum Gasteiger partial charge on any atom is -0.456 e. The van der Waals surface area contributed by atoms with Gasteiger partial charge in [-0.2, -0.15) is 0 Å². The molecule has 0 fully saturated rings. The third-order valence-corrected chi connectivity index (χ3v) is 12.4. The molecule has 11 aromatic carbocycles. The van der Waals surface area contributed by atoms with Crippen molar-refractivity contribution in [3.05, 3.63) is 237 Å². The molecule has 0 aliphatic heterocycles. The Morgan fingerprint density at radius 3 is 1.45 bits per heavy atom. The monoisotopic (exact) mass is 789 g/mol. The molecule has 12 aromatic rings. The molecule has 0 atom stereocenters. The number of para-hydroxylation sites is 1. The van der Waals surface area contributed by atoms with Crippen molar-refractivity contribution in [1.29, 1.82) is 0 Å².